The van der Waals surface area contributed by atoms with Crippen molar-refractivity contribution in [3.8, 4) is 0 Å². The van der Waals surface area contributed by atoms with Gasteiger partial charge in [-0.25, -0.2) is 4.79 Å². The Hall–Kier alpha value is -2.04. The van der Waals surface area contributed by atoms with Crippen LogP contribution in [0.5, 0.6) is 0 Å². The maximum absolute atomic E-state index is 12.6. The number of rotatable bonds is 3. The number of anilines is 1. The Morgan fingerprint density at radius 1 is 1.24 bits per heavy atom. The van der Waals surface area contributed by atoms with Crippen LogP contribution in [0.3, 0.4) is 0 Å². The van der Waals surface area contributed by atoms with E-state index >= 15 is 0 Å². The molecule has 5 nitrogen and oxygen atoms in total. The molecule has 1 fully saturated rings. The summed E-state index contributed by atoms with van der Waals surface area (Å²) in [5.74, 6) is -0.379. The lowest BCUT2D eigenvalue weighted by Gasteiger charge is -2.34. The smallest absolute Gasteiger partial charge is 0.325 e. The Morgan fingerprint density at radius 2 is 1.81 bits per heavy atom. The zero-order chi connectivity index (χ0) is 15.4. The van der Waals surface area contributed by atoms with Crippen molar-refractivity contribution in [2.24, 2.45) is 5.92 Å². The number of carbonyl (C=O) groups is 2. The quantitative estimate of drug-likeness (QED) is 0.931. The van der Waals surface area contributed by atoms with E-state index in [2.05, 4.69) is 6.92 Å². The van der Waals surface area contributed by atoms with Gasteiger partial charge in [0, 0.05) is 18.8 Å². The summed E-state index contributed by atoms with van der Waals surface area (Å²) in [5.41, 5.74) is 1.71. The number of hydrogen-bond donors (Lipinski definition) is 1. The standard InChI is InChI=1S/C16H22N2O3/c1-12-3-5-14(6-4-12)18(11-15(19)20)16(21)17-9-7-13(2)8-10-17/h3-6,13H,7-11H2,1-2H3,(H,19,20). The van der Waals surface area contributed by atoms with Gasteiger partial charge in [-0.3, -0.25) is 9.69 Å². The van der Waals surface area contributed by atoms with Gasteiger partial charge in [0.05, 0.1) is 0 Å². The maximum atomic E-state index is 12.6. The number of hydrogen-bond acceptors (Lipinski definition) is 2. The molecule has 1 N–H and O–H groups in total. The van der Waals surface area contributed by atoms with Crippen LogP contribution in [0, 0.1) is 12.8 Å². The third-order valence-electron chi connectivity index (χ3n) is 3.92. The molecular formula is C16H22N2O3. The van der Waals surface area contributed by atoms with Crippen LogP contribution in [0.1, 0.15) is 25.3 Å². The van der Waals surface area contributed by atoms with Crippen LogP contribution in [0.2, 0.25) is 0 Å². The number of aryl methyl sites for hydroxylation is 1. The highest BCUT2D eigenvalue weighted by Crippen LogP contribution is 2.21. The highest BCUT2D eigenvalue weighted by Gasteiger charge is 2.27. The molecule has 0 aliphatic carbocycles. The summed E-state index contributed by atoms with van der Waals surface area (Å²) in [7, 11) is 0. The van der Waals surface area contributed by atoms with Crippen LogP contribution in [-0.2, 0) is 4.79 Å². The summed E-state index contributed by atoms with van der Waals surface area (Å²) in [6, 6.07) is 7.14. The first-order valence-electron chi connectivity index (χ1n) is 7.32. The lowest BCUT2D eigenvalue weighted by atomic mass is 9.99. The van der Waals surface area contributed by atoms with Crippen molar-refractivity contribution in [1.29, 1.82) is 0 Å². The van der Waals surface area contributed by atoms with Crippen molar-refractivity contribution in [2.75, 3.05) is 24.5 Å². The molecule has 0 unspecified atom stereocenters. The van der Waals surface area contributed by atoms with E-state index in [-0.39, 0.29) is 12.6 Å². The zero-order valence-electron chi connectivity index (χ0n) is 12.6. The number of carboxylic acids is 1. The molecule has 114 valence electrons. The van der Waals surface area contributed by atoms with Gasteiger partial charge in [-0.2, -0.15) is 0 Å². The number of carbonyl (C=O) groups excluding carboxylic acids is 1. The van der Waals surface area contributed by atoms with E-state index in [0.29, 0.717) is 24.7 Å². The van der Waals surface area contributed by atoms with Crippen LogP contribution in [-0.4, -0.2) is 41.6 Å². The van der Waals surface area contributed by atoms with Crippen molar-refractivity contribution >= 4 is 17.7 Å². The Bertz CT molecular complexity index is 505. The van der Waals surface area contributed by atoms with E-state index in [1.807, 2.05) is 19.1 Å². The molecule has 0 radical (unpaired) electrons. The Morgan fingerprint density at radius 3 is 2.33 bits per heavy atom. The van der Waals surface area contributed by atoms with Crippen LogP contribution >= 0.6 is 0 Å². The molecule has 1 saturated heterocycles. The minimum atomic E-state index is -1.01. The van der Waals surface area contributed by atoms with E-state index in [9.17, 15) is 9.59 Å². The molecule has 0 saturated carbocycles. The first-order valence-corrected chi connectivity index (χ1v) is 7.32. The van der Waals surface area contributed by atoms with Crippen LogP contribution in [0.25, 0.3) is 0 Å². The second-order valence-corrected chi connectivity index (χ2v) is 5.77. The number of nitrogens with zero attached hydrogens (tertiary/aromatic N) is 2. The molecule has 1 heterocycles. The van der Waals surface area contributed by atoms with Gasteiger partial charge in [0.15, 0.2) is 0 Å². The molecule has 0 bridgehead atoms. The van der Waals surface area contributed by atoms with Crippen molar-refractivity contribution in [3.05, 3.63) is 29.8 Å². The molecular weight excluding hydrogens is 268 g/mol. The molecule has 2 amide bonds. The van der Waals surface area contributed by atoms with E-state index in [0.717, 1.165) is 18.4 Å². The number of amides is 2. The Kier molecular flexibility index (Phi) is 4.83. The van der Waals surface area contributed by atoms with Crippen LogP contribution in [0.15, 0.2) is 24.3 Å². The summed E-state index contributed by atoms with van der Waals surface area (Å²) < 4.78 is 0. The fraction of sp³-hybridized carbons (Fsp3) is 0.500. The third kappa shape index (κ3) is 3.97. The van der Waals surface area contributed by atoms with Crippen molar-refractivity contribution in [1.82, 2.24) is 4.90 Å². The van der Waals surface area contributed by atoms with E-state index < -0.39 is 5.97 Å². The summed E-state index contributed by atoms with van der Waals surface area (Å²) in [6.07, 6.45) is 1.95. The second kappa shape index (κ2) is 6.61. The van der Waals surface area contributed by atoms with E-state index in [4.69, 9.17) is 5.11 Å². The molecule has 5 heteroatoms. The van der Waals surface area contributed by atoms with Gasteiger partial charge in [-0.05, 0) is 37.8 Å². The van der Waals surface area contributed by atoms with Gasteiger partial charge in [-0.1, -0.05) is 24.6 Å². The molecule has 1 aromatic carbocycles. The topological polar surface area (TPSA) is 60.9 Å². The Balaban J connectivity index is 2.17. The van der Waals surface area contributed by atoms with Crippen LogP contribution < -0.4 is 4.90 Å². The van der Waals surface area contributed by atoms with E-state index in [1.165, 1.54) is 4.90 Å². The van der Waals surface area contributed by atoms with Gasteiger partial charge in [0.2, 0.25) is 0 Å². The number of likely N-dealkylation sites (tertiary alicyclic amines) is 1. The number of urea groups is 1. The first-order chi connectivity index (χ1) is 9.97. The maximum Gasteiger partial charge on any atom is 0.325 e. The average molecular weight is 290 g/mol. The fourth-order valence-electron chi connectivity index (χ4n) is 2.50. The van der Waals surface area contributed by atoms with Crippen molar-refractivity contribution in [2.45, 2.75) is 26.7 Å². The number of aliphatic carboxylic acids is 1. The number of benzene rings is 1. The fourth-order valence-corrected chi connectivity index (χ4v) is 2.50. The van der Waals surface area contributed by atoms with E-state index in [1.54, 1.807) is 17.0 Å². The summed E-state index contributed by atoms with van der Waals surface area (Å²) in [4.78, 5) is 26.8. The van der Waals surface area contributed by atoms with Gasteiger partial charge in [-0.15, -0.1) is 0 Å². The predicted molar refractivity (Wildman–Crippen MR) is 81.5 cm³/mol. The third-order valence-corrected chi connectivity index (χ3v) is 3.92. The van der Waals surface area contributed by atoms with Gasteiger partial charge < -0.3 is 10.0 Å². The second-order valence-electron chi connectivity index (χ2n) is 5.77. The molecule has 1 aliphatic rings. The molecule has 0 spiro atoms. The SMILES string of the molecule is Cc1ccc(N(CC(=O)O)C(=O)N2CCC(C)CC2)cc1. The predicted octanol–water partition coefficient (Wildman–Crippen LogP) is 2.74. The monoisotopic (exact) mass is 290 g/mol. The molecule has 0 atom stereocenters. The minimum absolute atomic E-state index is 0.215. The van der Waals surface area contributed by atoms with Gasteiger partial charge in [0.1, 0.15) is 6.54 Å². The van der Waals surface area contributed by atoms with Crippen molar-refractivity contribution in [3.63, 3.8) is 0 Å². The summed E-state index contributed by atoms with van der Waals surface area (Å²) >= 11 is 0. The normalized spacial score (nSPS) is 15.8. The molecule has 1 aromatic rings. The molecule has 0 aromatic heterocycles. The first kappa shape index (κ1) is 15.4. The largest absolute Gasteiger partial charge is 0.480 e. The minimum Gasteiger partial charge on any atom is -0.480 e. The summed E-state index contributed by atoms with van der Waals surface area (Å²) in [6.45, 7) is 5.22. The zero-order valence-corrected chi connectivity index (χ0v) is 12.6. The van der Waals surface area contributed by atoms with Gasteiger partial charge in [0.25, 0.3) is 0 Å². The number of carboxylic acid groups (broad SMARTS) is 1. The lowest BCUT2D eigenvalue weighted by molar-refractivity contribution is -0.135. The highest BCUT2D eigenvalue weighted by atomic mass is 16.4. The highest BCUT2D eigenvalue weighted by molar-refractivity contribution is 5.96. The number of piperidine rings is 1. The molecule has 1 aliphatic heterocycles. The summed E-state index contributed by atoms with van der Waals surface area (Å²) in [5, 5.41) is 9.08. The van der Waals surface area contributed by atoms with Crippen molar-refractivity contribution < 1.29 is 14.7 Å². The lowest BCUT2D eigenvalue weighted by Crippen LogP contribution is -2.48. The average Bonchev–Trinajstić information content (AvgIpc) is 2.46. The molecule has 2 rings (SSSR count). The van der Waals surface area contributed by atoms with Gasteiger partial charge >= 0.3 is 12.0 Å². The van der Waals surface area contributed by atoms with Crippen LogP contribution in [0.4, 0.5) is 10.5 Å². The Labute approximate surface area is 125 Å². The molecule has 21 heavy (non-hydrogen) atoms.